The molecule has 110 valence electrons. The van der Waals surface area contributed by atoms with Crippen LogP contribution in [-0.2, 0) is 0 Å². The van der Waals surface area contributed by atoms with Crippen LogP contribution in [0.5, 0.6) is 5.75 Å². The van der Waals surface area contributed by atoms with E-state index in [9.17, 15) is 4.39 Å². The van der Waals surface area contributed by atoms with E-state index in [-0.39, 0.29) is 5.82 Å². The molecule has 0 amide bonds. The second-order valence-electron chi connectivity index (χ2n) is 6.23. The lowest BCUT2D eigenvalue weighted by Crippen LogP contribution is -2.31. The van der Waals surface area contributed by atoms with Crippen LogP contribution in [0.1, 0.15) is 50.0 Å². The predicted molar refractivity (Wildman–Crippen MR) is 78.7 cm³/mol. The van der Waals surface area contributed by atoms with Crippen molar-refractivity contribution >= 4 is 0 Å². The molecule has 0 aromatic heterocycles. The Labute approximate surface area is 120 Å². The molecule has 3 rings (SSSR count). The zero-order chi connectivity index (χ0) is 13.9. The summed E-state index contributed by atoms with van der Waals surface area (Å²) in [4.78, 5) is 0. The fourth-order valence-electron chi connectivity index (χ4n) is 3.87. The average Bonchev–Trinajstić information content (AvgIpc) is 2.97. The van der Waals surface area contributed by atoms with Gasteiger partial charge in [-0.15, -0.1) is 0 Å². The first-order chi connectivity index (χ1) is 9.78. The molecule has 1 aliphatic carbocycles. The third-order valence-electron chi connectivity index (χ3n) is 5.03. The van der Waals surface area contributed by atoms with Crippen molar-refractivity contribution in [3.05, 3.63) is 29.6 Å². The van der Waals surface area contributed by atoms with Gasteiger partial charge in [-0.3, -0.25) is 0 Å². The number of hydrogen-bond acceptors (Lipinski definition) is 2. The first-order valence-electron chi connectivity index (χ1n) is 7.84. The summed E-state index contributed by atoms with van der Waals surface area (Å²) in [7, 11) is 1.57. The Morgan fingerprint density at radius 2 is 2.00 bits per heavy atom. The van der Waals surface area contributed by atoms with Crippen LogP contribution in [0.4, 0.5) is 4.39 Å². The molecule has 1 saturated heterocycles. The van der Waals surface area contributed by atoms with Crippen molar-refractivity contribution in [2.45, 2.75) is 50.5 Å². The van der Waals surface area contributed by atoms with Crippen molar-refractivity contribution in [3.63, 3.8) is 0 Å². The molecule has 0 bridgehead atoms. The third-order valence-corrected chi connectivity index (χ3v) is 5.03. The molecule has 1 aromatic carbocycles. The maximum Gasteiger partial charge on any atom is 0.130 e. The first-order valence-corrected chi connectivity index (χ1v) is 7.84. The summed E-state index contributed by atoms with van der Waals surface area (Å²) in [6, 6.07) is 5.85. The Kier molecular flexibility index (Phi) is 4.25. The highest BCUT2D eigenvalue weighted by Gasteiger charge is 2.32. The van der Waals surface area contributed by atoms with Crippen LogP contribution >= 0.6 is 0 Å². The monoisotopic (exact) mass is 277 g/mol. The van der Waals surface area contributed by atoms with E-state index in [1.165, 1.54) is 38.2 Å². The number of hydrogen-bond donors (Lipinski definition) is 1. The topological polar surface area (TPSA) is 21.3 Å². The molecule has 2 nitrogen and oxygen atoms in total. The Bertz CT molecular complexity index is 456. The summed E-state index contributed by atoms with van der Waals surface area (Å²) in [6.45, 7) is 0.907. The van der Waals surface area contributed by atoms with Crippen LogP contribution in [0.25, 0.3) is 0 Å². The maximum absolute atomic E-state index is 14.2. The van der Waals surface area contributed by atoms with Crippen LogP contribution in [0, 0.1) is 11.7 Å². The first kappa shape index (κ1) is 13.9. The molecule has 2 fully saturated rings. The van der Waals surface area contributed by atoms with Gasteiger partial charge in [-0.05, 0) is 36.8 Å². The molecule has 20 heavy (non-hydrogen) atoms. The smallest absolute Gasteiger partial charge is 0.130 e. The van der Waals surface area contributed by atoms with Gasteiger partial charge in [0.15, 0.2) is 0 Å². The minimum absolute atomic E-state index is 0.125. The largest absolute Gasteiger partial charge is 0.497 e. The molecule has 1 aromatic rings. The van der Waals surface area contributed by atoms with E-state index in [2.05, 4.69) is 5.32 Å². The van der Waals surface area contributed by atoms with Crippen molar-refractivity contribution in [3.8, 4) is 5.75 Å². The highest BCUT2D eigenvalue weighted by molar-refractivity contribution is 5.32. The number of methoxy groups -OCH3 is 1. The van der Waals surface area contributed by atoms with Gasteiger partial charge < -0.3 is 10.1 Å². The van der Waals surface area contributed by atoms with Crippen molar-refractivity contribution in [2.24, 2.45) is 5.92 Å². The summed E-state index contributed by atoms with van der Waals surface area (Å²) in [6.07, 6.45) is 7.88. The van der Waals surface area contributed by atoms with Crippen molar-refractivity contribution < 1.29 is 9.13 Å². The van der Waals surface area contributed by atoms with Gasteiger partial charge in [0.2, 0.25) is 0 Å². The highest BCUT2D eigenvalue weighted by atomic mass is 19.1. The lowest BCUT2D eigenvalue weighted by atomic mass is 9.81. The zero-order valence-corrected chi connectivity index (χ0v) is 12.2. The molecule has 2 atom stereocenters. The van der Waals surface area contributed by atoms with Crippen LogP contribution in [0.3, 0.4) is 0 Å². The van der Waals surface area contributed by atoms with E-state index >= 15 is 0 Å². The molecule has 1 N–H and O–H groups in total. The number of nitrogens with one attached hydrogen (secondary N) is 1. The summed E-state index contributed by atoms with van der Waals surface area (Å²) in [5.41, 5.74) is 0.844. The fourth-order valence-corrected chi connectivity index (χ4v) is 3.87. The quantitative estimate of drug-likeness (QED) is 0.906. The maximum atomic E-state index is 14.2. The Balaban J connectivity index is 1.67. The summed E-state index contributed by atoms with van der Waals surface area (Å²) in [5.74, 6) is 1.59. The van der Waals surface area contributed by atoms with E-state index in [0.717, 1.165) is 24.4 Å². The number of halogens is 1. The summed E-state index contributed by atoms with van der Waals surface area (Å²) in [5, 5.41) is 3.63. The van der Waals surface area contributed by atoms with Gasteiger partial charge in [0.1, 0.15) is 11.6 Å². The molecule has 2 unspecified atom stereocenters. The van der Waals surface area contributed by atoms with E-state index in [1.807, 2.05) is 12.1 Å². The number of rotatable bonds is 3. The second kappa shape index (κ2) is 6.13. The summed E-state index contributed by atoms with van der Waals surface area (Å²) < 4.78 is 19.2. The number of benzene rings is 1. The van der Waals surface area contributed by atoms with E-state index < -0.39 is 0 Å². The normalized spacial score (nSPS) is 27.7. The fraction of sp³-hybridized carbons (Fsp3) is 0.647. The minimum atomic E-state index is -0.125. The van der Waals surface area contributed by atoms with Crippen molar-refractivity contribution in [2.75, 3.05) is 13.7 Å². The van der Waals surface area contributed by atoms with E-state index in [4.69, 9.17) is 4.74 Å². The van der Waals surface area contributed by atoms with Crippen LogP contribution < -0.4 is 10.1 Å². The molecule has 0 spiro atoms. The van der Waals surface area contributed by atoms with Crippen molar-refractivity contribution in [1.82, 2.24) is 5.32 Å². The standard InChI is InChI=1S/C17H24FNO/c1-20-14-7-8-15(16(18)10-14)13-9-17(19-11-13)12-5-3-2-4-6-12/h7-8,10,12-13,17,19H,2-6,9,11H2,1H3. The van der Waals surface area contributed by atoms with Gasteiger partial charge in [-0.2, -0.15) is 0 Å². The minimum Gasteiger partial charge on any atom is -0.497 e. The highest BCUT2D eigenvalue weighted by Crippen LogP contribution is 2.36. The number of ether oxygens (including phenoxy) is 1. The van der Waals surface area contributed by atoms with Gasteiger partial charge in [-0.25, -0.2) is 4.39 Å². The Morgan fingerprint density at radius 3 is 2.70 bits per heavy atom. The Hall–Kier alpha value is -1.09. The Morgan fingerprint density at radius 1 is 1.20 bits per heavy atom. The predicted octanol–water partition coefficient (Wildman–Crippen LogP) is 3.86. The van der Waals surface area contributed by atoms with Gasteiger partial charge in [0.25, 0.3) is 0 Å². The van der Waals surface area contributed by atoms with Crippen molar-refractivity contribution in [1.29, 1.82) is 0 Å². The van der Waals surface area contributed by atoms with Crippen LogP contribution in [0.2, 0.25) is 0 Å². The molecule has 1 heterocycles. The third kappa shape index (κ3) is 2.83. The average molecular weight is 277 g/mol. The van der Waals surface area contributed by atoms with E-state index in [0.29, 0.717) is 17.7 Å². The van der Waals surface area contributed by atoms with Gasteiger partial charge >= 0.3 is 0 Å². The lowest BCUT2D eigenvalue weighted by Gasteiger charge is -2.27. The zero-order valence-electron chi connectivity index (χ0n) is 12.2. The van der Waals surface area contributed by atoms with E-state index in [1.54, 1.807) is 7.11 Å². The molecule has 1 saturated carbocycles. The van der Waals surface area contributed by atoms with Crippen LogP contribution in [0.15, 0.2) is 18.2 Å². The van der Waals surface area contributed by atoms with Gasteiger partial charge in [0.05, 0.1) is 7.11 Å². The van der Waals surface area contributed by atoms with Gasteiger partial charge in [-0.1, -0.05) is 25.3 Å². The molecule has 0 radical (unpaired) electrons. The molecular formula is C17H24FNO. The second-order valence-corrected chi connectivity index (χ2v) is 6.23. The lowest BCUT2D eigenvalue weighted by molar-refractivity contribution is 0.286. The molecule has 3 heteroatoms. The van der Waals surface area contributed by atoms with Gasteiger partial charge in [0, 0.05) is 24.6 Å². The molecule has 1 aliphatic heterocycles. The molecule has 2 aliphatic rings. The van der Waals surface area contributed by atoms with Crippen LogP contribution in [-0.4, -0.2) is 19.7 Å². The SMILES string of the molecule is COc1ccc(C2CNC(C3CCCCC3)C2)c(F)c1. The summed E-state index contributed by atoms with van der Waals surface area (Å²) >= 11 is 0. The molecular weight excluding hydrogens is 253 g/mol.